The van der Waals surface area contributed by atoms with Gasteiger partial charge in [0, 0.05) is 59.3 Å². The summed E-state index contributed by atoms with van der Waals surface area (Å²) < 4.78 is 16.4. The molecule has 6 saturated carbocycles. The minimum Gasteiger partial charge on any atom is -0.381 e. The minimum absolute atomic E-state index is 0.0157. The van der Waals surface area contributed by atoms with Crippen LogP contribution in [0.3, 0.4) is 0 Å². The third-order valence-corrected chi connectivity index (χ3v) is 18.3. The number of alkyl halides is 1. The zero-order valence-electron chi connectivity index (χ0n) is 41.9. The summed E-state index contributed by atoms with van der Waals surface area (Å²) in [7, 11) is 5.48. The van der Waals surface area contributed by atoms with E-state index in [1.165, 1.54) is 77.0 Å². The minimum atomic E-state index is -0.235. The van der Waals surface area contributed by atoms with Gasteiger partial charge >= 0.3 is 0 Å². The van der Waals surface area contributed by atoms with Crippen LogP contribution in [0.15, 0.2) is 0 Å². The largest absolute Gasteiger partial charge is 0.381 e. The van der Waals surface area contributed by atoms with Crippen molar-refractivity contribution >= 4 is 29.3 Å². The van der Waals surface area contributed by atoms with Gasteiger partial charge in [0.2, 0.25) is 17.7 Å². The third-order valence-electron chi connectivity index (χ3n) is 18.0. The summed E-state index contributed by atoms with van der Waals surface area (Å²) in [5, 5.41) is 26.8. The summed E-state index contributed by atoms with van der Waals surface area (Å²) >= 11 is 5.35. The molecule has 13 nitrogen and oxygen atoms in total. The van der Waals surface area contributed by atoms with Crippen molar-refractivity contribution in [1.29, 1.82) is 15.8 Å². The van der Waals surface area contributed by atoms with Gasteiger partial charge in [0.1, 0.15) is 24.0 Å². The fraction of sp³-hybridized carbons (Fsp3) is 0.887. The Labute approximate surface area is 408 Å². The highest BCUT2D eigenvalue weighted by Crippen LogP contribution is 2.56. The average Bonchev–Trinajstić information content (AvgIpc) is 4.17. The van der Waals surface area contributed by atoms with Gasteiger partial charge in [0.15, 0.2) is 0 Å². The smallest absolute Gasteiger partial charge is 0.238 e. The maximum absolute atomic E-state index is 12.4. The van der Waals surface area contributed by atoms with E-state index >= 15 is 0 Å². The molecular weight excluding hydrogens is 866 g/mol. The lowest BCUT2D eigenvalue weighted by Crippen LogP contribution is -2.35. The Hall–Kier alpha value is -2.99. The lowest BCUT2D eigenvalue weighted by molar-refractivity contribution is -0.132. The number of ether oxygens (including phenoxy) is 3. The van der Waals surface area contributed by atoms with Gasteiger partial charge in [-0.15, -0.1) is 11.6 Å². The standard InChI is InChI=1S/2C18H28N2O2.C10H19NO.C7H9ClN2O/c2*1-18(10-13-8-16(22-2)9-14(13)11-18)6-5-17(21)20-7-3-4-15(20)12-19;1-10(11)5-7-3-9(12-2)4-8(7)6-10;8-4-7(11)10-3-1-2-6(10)5-9/h2*13-16H,3-11H2,1-2H3;7-9H,3-6,11H2,1-2H3;6H,1-4H2/t2*13-,14+,15-,16?,18?;7-,8+,9?,10?;6-/m00.0/s1. The van der Waals surface area contributed by atoms with Gasteiger partial charge in [-0.05, 0) is 182 Å². The highest BCUT2D eigenvalue weighted by atomic mass is 35.5. The van der Waals surface area contributed by atoms with Crippen LogP contribution in [0.4, 0.5) is 0 Å². The molecule has 6 aliphatic carbocycles. The van der Waals surface area contributed by atoms with Gasteiger partial charge in [-0.25, -0.2) is 0 Å². The molecule has 2 N–H and O–H groups in total. The Bertz CT molecular complexity index is 1680. The van der Waals surface area contributed by atoms with Crippen LogP contribution >= 0.6 is 11.6 Å². The van der Waals surface area contributed by atoms with Crippen molar-refractivity contribution in [1.82, 2.24) is 14.7 Å². The van der Waals surface area contributed by atoms with Crippen molar-refractivity contribution in [3.8, 4) is 18.2 Å². The average molecular weight is 951 g/mol. The number of methoxy groups -OCH3 is 3. The second-order valence-corrected chi connectivity index (χ2v) is 23.6. The molecule has 0 spiro atoms. The second-order valence-electron chi connectivity index (χ2n) is 23.3. The quantitative estimate of drug-likeness (QED) is 0.208. The molecule has 14 heteroatoms. The van der Waals surface area contributed by atoms with E-state index in [1.807, 2.05) is 21.3 Å². The lowest BCUT2D eigenvalue weighted by Gasteiger charge is -2.27. The fourth-order valence-corrected chi connectivity index (χ4v) is 14.9. The summed E-state index contributed by atoms with van der Waals surface area (Å²) in [5.74, 6) is 5.12. The Morgan fingerprint density at radius 2 is 0.821 bits per heavy atom. The van der Waals surface area contributed by atoms with Crippen LogP contribution in [-0.2, 0) is 28.6 Å². The summed E-state index contributed by atoms with van der Waals surface area (Å²) in [6.45, 7) is 9.12. The Balaban J connectivity index is 0.000000154. The summed E-state index contributed by atoms with van der Waals surface area (Å²) in [5.41, 5.74) is 6.86. The molecule has 3 amide bonds. The number of rotatable bonds is 10. The summed E-state index contributed by atoms with van der Waals surface area (Å²) in [6, 6.07) is 6.02. The van der Waals surface area contributed by atoms with Gasteiger partial charge in [-0.3, -0.25) is 14.4 Å². The molecule has 0 radical (unpaired) electrons. The molecule has 0 aromatic rings. The predicted octanol–water partition coefficient (Wildman–Crippen LogP) is 8.52. The molecule has 374 valence electrons. The van der Waals surface area contributed by atoms with E-state index < -0.39 is 0 Å². The van der Waals surface area contributed by atoms with Gasteiger partial charge in [0.25, 0.3) is 0 Å². The topological polar surface area (TPSA) is 186 Å². The SMILES string of the molecule is COC1C[C@@H]2CC(C)(CCC(=O)N3CCC[C@H]3C#N)C[C@@H]2C1.COC1C[C@@H]2CC(C)(CCC(=O)N3CCC[C@H]3C#N)C[C@@H]2C1.COC1C[C@@H]2CC(C)(N)C[C@@H]2C1.N#C[C@@H]1CCCN1C(=O)CCl. The Kier molecular flexibility index (Phi) is 18.9. The number of hydrogen-bond donors (Lipinski definition) is 1. The summed E-state index contributed by atoms with van der Waals surface area (Å²) in [4.78, 5) is 41.0. The van der Waals surface area contributed by atoms with E-state index in [9.17, 15) is 14.4 Å². The first kappa shape index (κ1) is 53.4. The highest BCUT2D eigenvalue weighted by Gasteiger charge is 2.49. The maximum atomic E-state index is 12.4. The van der Waals surface area contributed by atoms with E-state index in [1.54, 1.807) is 14.7 Å². The Morgan fingerprint density at radius 1 is 0.537 bits per heavy atom. The monoisotopic (exact) mass is 950 g/mol. The zero-order chi connectivity index (χ0) is 48.5. The van der Waals surface area contributed by atoms with E-state index in [4.69, 9.17) is 47.3 Å². The number of fused-ring (bicyclic) bond motifs is 3. The number of amides is 3. The number of nitrogens with two attached hydrogens (primary N) is 1. The first-order valence-electron chi connectivity index (χ1n) is 26.0. The Morgan fingerprint density at radius 3 is 1.09 bits per heavy atom. The van der Waals surface area contributed by atoms with Gasteiger partial charge in [-0.2, -0.15) is 15.8 Å². The molecule has 3 saturated heterocycles. The van der Waals surface area contributed by atoms with E-state index in [2.05, 4.69) is 39.0 Å². The van der Waals surface area contributed by atoms with Crippen molar-refractivity contribution in [2.45, 2.75) is 204 Å². The molecule has 0 bridgehead atoms. The number of halogens is 1. The molecule has 0 aromatic carbocycles. The van der Waals surface area contributed by atoms with Crippen LogP contribution in [0.25, 0.3) is 0 Å². The number of likely N-dealkylation sites (tertiary alicyclic amines) is 3. The fourth-order valence-electron chi connectivity index (χ4n) is 14.7. The molecule has 3 aliphatic heterocycles. The van der Waals surface area contributed by atoms with Crippen LogP contribution < -0.4 is 5.73 Å². The number of carbonyl (C=O) groups is 3. The molecule has 9 rings (SSSR count). The highest BCUT2D eigenvalue weighted by molar-refractivity contribution is 6.27. The predicted molar refractivity (Wildman–Crippen MR) is 258 cm³/mol. The van der Waals surface area contributed by atoms with Crippen LogP contribution in [-0.4, -0.2) is 121 Å². The molecule has 9 aliphatic rings. The molecule has 0 aromatic heterocycles. The van der Waals surface area contributed by atoms with Crippen LogP contribution in [0.1, 0.15) is 162 Å². The first-order chi connectivity index (χ1) is 32.0. The van der Waals surface area contributed by atoms with Crippen molar-refractivity contribution in [2.75, 3.05) is 46.8 Å². The van der Waals surface area contributed by atoms with Crippen molar-refractivity contribution in [2.24, 2.45) is 52.1 Å². The third kappa shape index (κ3) is 13.7. The van der Waals surface area contributed by atoms with Crippen LogP contribution in [0.2, 0.25) is 0 Å². The number of nitriles is 3. The van der Waals surface area contributed by atoms with Crippen molar-refractivity contribution < 1.29 is 28.6 Å². The second kappa shape index (κ2) is 23.7. The van der Waals surface area contributed by atoms with Gasteiger partial charge in [0.05, 0.1) is 36.5 Å². The van der Waals surface area contributed by atoms with Gasteiger partial charge < -0.3 is 34.6 Å². The molecule has 3 heterocycles. The zero-order valence-corrected chi connectivity index (χ0v) is 42.7. The molecule has 15 atom stereocenters. The molecule has 6 unspecified atom stereocenters. The van der Waals surface area contributed by atoms with E-state index in [0.717, 1.165) is 100.0 Å². The van der Waals surface area contributed by atoms with Crippen molar-refractivity contribution in [3.05, 3.63) is 0 Å². The normalized spacial score (nSPS) is 40.0. The van der Waals surface area contributed by atoms with E-state index in [0.29, 0.717) is 48.5 Å². The maximum Gasteiger partial charge on any atom is 0.238 e. The number of carbonyl (C=O) groups excluding carboxylic acids is 3. The molecular formula is C53H84ClN7O6. The first-order valence-corrected chi connectivity index (χ1v) is 26.5. The van der Waals surface area contributed by atoms with Crippen LogP contribution in [0.5, 0.6) is 0 Å². The molecule has 9 fully saturated rings. The van der Waals surface area contributed by atoms with Crippen molar-refractivity contribution in [3.63, 3.8) is 0 Å². The lowest BCUT2D eigenvalue weighted by atomic mass is 9.81. The number of hydrogen-bond acceptors (Lipinski definition) is 10. The van der Waals surface area contributed by atoms with E-state index in [-0.39, 0.29) is 47.3 Å². The van der Waals surface area contributed by atoms with Crippen LogP contribution in [0, 0.1) is 80.3 Å². The number of nitrogens with zero attached hydrogens (tertiary/aromatic N) is 6. The van der Waals surface area contributed by atoms with Gasteiger partial charge in [-0.1, -0.05) is 13.8 Å². The molecule has 67 heavy (non-hydrogen) atoms. The summed E-state index contributed by atoms with van der Waals surface area (Å²) in [6.07, 6.45) is 24.7.